The molecule has 1 N–H and O–H groups in total. The lowest BCUT2D eigenvalue weighted by Gasteiger charge is -2.23. The number of aliphatic carboxylic acids is 1. The van der Waals surface area contributed by atoms with Gasteiger partial charge in [0.1, 0.15) is 5.75 Å². The summed E-state index contributed by atoms with van der Waals surface area (Å²) >= 11 is 0. The number of rotatable bonds is 12. The highest BCUT2D eigenvalue weighted by Crippen LogP contribution is 2.24. The fourth-order valence-electron chi connectivity index (χ4n) is 4.62. The first-order valence-corrected chi connectivity index (χ1v) is 13.8. The summed E-state index contributed by atoms with van der Waals surface area (Å²) < 4.78 is 9.28. The minimum atomic E-state index is -1.28. The molecule has 206 valence electrons. The number of benzene rings is 1. The van der Waals surface area contributed by atoms with Gasteiger partial charge in [0.05, 0.1) is 12.2 Å². The lowest BCUT2D eigenvalue weighted by atomic mass is 9.84. The Hall–Kier alpha value is -3.35. The van der Waals surface area contributed by atoms with Gasteiger partial charge in [-0.3, -0.25) is 14.1 Å². The second-order valence-electron chi connectivity index (χ2n) is 10.8. The lowest BCUT2D eigenvalue weighted by molar-refractivity contribution is -0.152. The summed E-state index contributed by atoms with van der Waals surface area (Å²) in [4.78, 5) is 29.5. The van der Waals surface area contributed by atoms with E-state index in [2.05, 4.69) is 32.9 Å². The van der Waals surface area contributed by atoms with Crippen LogP contribution in [0.1, 0.15) is 72.1 Å². The predicted octanol–water partition coefficient (Wildman–Crippen LogP) is 6.05. The van der Waals surface area contributed by atoms with Gasteiger partial charge in [-0.05, 0) is 82.6 Å². The van der Waals surface area contributed by atoms with E-state index in [4.69, 9.17) is 9.73 Å². The van der Waals surface area contributed by atoms with Crippen molar-refractivity contribution in [3.63, 3.8) is 0 Å². The Balaban J connectivity index is 1.68. The minimum absolute atomic E-state index is 0.0181. The van der Waals surface area contributed by atoms with Crippen molar-refractivity contribution in [3.05, 3.63) is 76.1 Å². The molecule has 7 heteroatoms. The molecule has 1 aromatic heterocycles. The van der Waals surface area contributed by atoms with E-state index in [0.717, 1.165) is 54.8 Å². The van der Waals surface area contributed by atoms with Gasteiger partial charge in [-0.25, -0.2) is 9.59 Å². The van der Waals surface area contributed by atoms with E-state index < -0.39 is 11.6 Å². The minimum Gasteiger partial charge on any atom is -0.478 e. The summed E-state index contributed by atoms with van der Waals surface area (Å²) in [6.45, 7) is 12.8. The van der Waals surface area contributed by atoms with Crippen LogP contribution in [0.4, 0.5) is 0 Å². The van der Waals surface area contributed by atoms with Gasteiger partial charge in [0.2, 0.25) is 0 Å². The van der Waals surface area contributed by atoms with Crippen molar-refractivity contribution in [2.45, 2.75) is 92.3 Å². The average Bonchev–Trinajstić information content (AvgIpc) is 3.16. The molecule has 1 aliphatic rings. The zero-order valence-corrected chi connectivity index (χ0v) is 23.7. The Morgan fingerprint density at radius 2 is 1.92 bits per heavy atom. The first-order valence-electron chi connectivity index (χ1n) is 13.8. The van der Waals surface area contributed by atoms with Crippen LogP contribution in [-0.4, -0.2) is 31.5 Å². The van der Waals surface area contributed by atoms with Crippen molar-refractivity contribution in [1.29, 1.82) is 0 Å². The zero-order chi connectivity index (χ0) is 27.9. The number of imidazole rings is 1. The molecule has 7 nitrogen and oxygen atoms in total. The highest BCUT2D eigenvalue weighted by atomic mass is 16.5. The topological polar surface area (TPSA) is 85.8 Å². The van der Waals surface area contributed by atoms with E-state index in [0.29, 0.717) is 30.7 Å². The fourth-order valence-corrected chi connectivity index (χ4v) is 4.62. The van der Waals surface area contributed by atoms with Gasteiger partial charge in [-0.2, -0.15) is 0 Å². The third kappa shape index (κ3) is 7.36. The normalized spacial score (nSPS) is 19.2. The Morgan fingerprint density at radius 1 is 1.21 bits per heavy atom. The van der Waals surface area contributed by atoms with Crippen LogP contribution in [0.15, 0.2) is 64.2 Å². The Bertz CT molecular complexity index is 1240. The monoisotopic (exact) mass is 521 g/mol. The smallest absolute Gasteiger partial charge is 0.347 e. The third-order valence-electron chi connectivity index (χ3n) is 7.34. The molecule has 0 amide bonds. The van der Waals surface area contributed by atoms with Crippen LogP contribution in [0.3, 0.4) is 0 Å². The van der Waals surface area contributed by atoms with Crippen LogP contribution >= 0.6 is 0 Å². The molecule has 1 aliphatic carbocycles. The molecule has 38 heavy (non-hydrogen) atoms. The van der Waals surface area contributed by atoms with Crippen molar-refractivity contribution >= 4 is 11.7 Å². The quantitative estimate of drug-likeness (QED) is 0.368. The van der Waals surface area contributed by atoms with Crippen LogP contribution in [0.25, 0.3) is 0 Å². The molecule has 1 aromatic carbocycles. The molecular formula is C31H43N3O4. The van der Waals surface area contributed by atoms with Gasteiger partial charge in [-0.1, -0.05) is 45.1 Å². The Labute approximate surface area is 226 Å². The maximum absolute atomic E-state index is 13.3. The molecule has 2 unspecified atom stereocenters. The largest absolute Gasteiger partial charge is 0.478 e. The number of carboxylic acids is 1. The highest BCUT2D eigenvalue weighted by Gasteiger charge is 2.29. The summed E-state index contributed by atoms with van der Waals surface area (Å²) in [7, 11) is 0. The van der Waals surface area contributed by atoms with Crippen molar-refractivity contribution < 1.29 is 14.6 Å². The standard InChI is InChI=1S/C31H43N3O4/c1-7-19-34-26(13-10-12-24-15-17-27(18-16-24)38-31(5,6)29(35)36)21-33(30(34)37)20-25(8-2)32-28-14-9-11-22(3)23(28)4/h8-9,14-18,21-23H,7,10-13,19-20H2,1-6H3,(H,35,36)/b25-8-,32-28?. The lowest BCUT2D eigenvalue weighted by Crippen LogP contribution is -2.37. The zero-order valence-electron chi connectivity index (χ0n) is 23.7. The number of hydrogen-bond donors (Lipinski definition) is 1. The van der Waals surface area contributed by atoms with Gasteiger partial charge in [0.15, 0.2) is 5.60 Å². The molecule has 2 aromatic rings. The van der Waals surface area contributed by atoms with Crippen LogP contribution < -0.4 is 10.4 Å². The van der Waals surface area contributed by atoms with E-state index >= 15 is 0 Å². The maximum atomic E-state index is 13.3. The molecule has 0 bridgehead atoms. The van der Waals surface area contributed by atoms with Gasteiger partial charge in [0.25, 0.3) is 0 Å². The van der Waals surface area contributed by atoms with Gasteiger partial charge in [0, 0.05) is 30.1 Å². The number of nitrogens with zero attached hydrogens (tertiary/aromatic N) is 3. The summed E-state index contributed by atoms with van der Waals surface area (Å²) in [6.07, 6.45) is 12.8. The van der Waals surface area contributed by atoms with E-state index in [9.17, 15) is 14.7 Å². The fraction of sp³-hybridized carbons (Fsp3) is 0.516. The van der Waals surface area contributed by atoms with E-state index in [1.54, 1.807) is 4.57 Å². The summed E-state index contributed by atoms with van der Waals surface area (Å²) in [5.74, 6) is 0.495. The van der Waals surface area contributed by atoms with Gasteiger partial charge < -0.3 is 9.84 Å². The molecule has 2 atom stereocenters. The van der Waals surface area contributed by atoms with E-state index in [1.807, 2.05) is 48.0 Å². The van der Waals surface area contributed by atoms with Crippen LogP contribution in [0, 0.1) is 11.8 Å². The number of allylic oxidation sites excluding steroid dienone is 4. The van der Waals surface area contributed by atoms with E-state index in [-0.39, 0.29) is 5.69 Å². The maximum Gasteiger partial charge on any atom is 0.347 e. The molecule has 0 fully saturated rings. The number of aliphatic imine (C=N–C) groups is 1. The molecule has 0 saturated heterocycles. The van der Waals surface area contributed by atoms with E-state index in [1.165, 1.54) is 13.8 Å². The SMILES string of the molecule is C/C=C(/Cn1cc(CCCc2ccc(OC(C)(C)C(=O)O)cc2)n(CCC)c1=O)N=C1C=CCC(C)C1C. The summed E-state index contributed by atoms with van der Waals surface area (Å²) in [5.41, 5.74) is 2.92. The first-order chi connectivity index (χ1) is 18.1. The predicted molar refractivity (Wildman–Crippen MR) is 153 cm³/mol. The first kappa shape index (κ1) is 29.2. The highest BCUT2D eigenvalue weighted by molar-refractivity contribution is 5.98. The van der Waals surface area contributed by atoms with Gasteiger partial charge in [-0.15, -0.1) is 0 Å². The van der Waals surface area contributed by atoms with Crippen molar-refractivity contribution in [2.24, 2.45) is 16.8 Å². The number of aryl methyl sites for hydroxylation is 2. The second-order valence-corrected chi connectivity index (χ2v) is 10.8. The summed E-state index contributed by atoms with van der Waals surface area (Å²) in [6, 6.07) is 7.56. The van der Waals surface area contributed by atoms with Crippen LogP contribution in [-0.2, 0) is 30.7 Å². The molecule has 0 aliphatic heterocycles. The van der Waals surface area contributed by atoms with Crippen LogP contribution in [0.5, 0.6) is 5.75 Å². The molecule has 3 rings (SSSR count). The molecule has 0 radical (unpaired) electrons. The molecule has 0 saturated carbocycles. The molecule has 0 spiro atoms. The number of carbonyl (C=O) groups is 1. The van der Waals surface area contributed by atoms with Gasteiger partial charge >= 0.3 is 11.7 Å². The van der Waals surface area contributed by atoms with Crippen LogP contribution in [0.2, 0.25) is 0 Å². The average molecular weight is 522 g/mol. The summed E-state index contributed by atoms with van der Waals surface area (Å²) in [5, 5.41) is 9.26. The number of ether oxygens (including phenoxy) is 1. The molecule has 1 heterocycles. The third-order valence-corrected chi connectivity index (χ3v) is 7.34. The van der Waals surface area contributed by atoms with Crippen molar-refractivity contribution in [1.82, 2.24) is 9.13 Å². The van der Waals surface area contributed by atoms with Crippen molar-refractivity contribution in [3.8, 4) is 5.75 Å². The number of aromatic nitrogens is 2. The molecular weight excluding hydrogens is 478 g/mol. The van der Waals surface area contributed by atoms with Crippen molar-refractivity contribution in [2.75, 3.05) is 0 Å². The Kier molecular flexibility index (Phi) is 9.95. The second kappa shape index (κ2) is 12.9. The number of carboxylic acid groups (broad SMARTS) is 1. The number of hydrogen-bond acceptors (Lipinski definition) is 4. The Morgan fingerprint density at radius 3 is 2.55 bits per heavy atom.